The van der Waals surface area contributed by atoms with Crippen LogP contribution in [0.5, 0.6) is 5.06 Å². The third-order valence-corrected chi connectivity index (χ3v) is 6.27. The Morgan fingerprint density at radius 3 is 2.22 bits per heavy atom. The molecule has 0 saturated heterocycles. The molecule has 18 heavy (non-hydrogen) atoms. The smallest absolute Gasteiger partial charge is 0.189 e. The maximum atomic E-state index is 9.83. The standard InChI is InChI=1S/C15H17NOS/c16-7-12-13(8-18-14(12)17)15-4-9-1-10(5-15)3-11(2-9)6-15/h8-11,17H,1-6H2. The van der Waals surface area contributed by atoms with Gasteiger partial charge in [-0.05, 0) is 72.6 Å². The minimum atomic E-state index is 0.225. The van der Waals surface area contributed by atoms with Crippen molar-refractivity contribution in [2.75, 3.05) is 0 Å². The average Bonchev–Trinajstić information content (AvgIpc) is 2.69. The molecule has 4 aliphatic rings. The molecule has 0 spiro atoms. The Morgan fingerprint density at radius 1 is 1.17 bits per heavy atom. The maximum Gasteiger partial charge on any atom is 0.189 e. The molecule has 0 aromatic carbocycles. The molecule has 94 valence electrons. The Labute approximate surface area is 111 Å². The fourth-order valence-electron chi connectivity index (χ4n) is 5.29. The van der Waals surface area contributed by atoms with Crippen LogP contribution in [0.2, 0.25) is 0 Å². The van der Waals surface area contributed by atoms with Gasteiger partial charge in [0.1, 0.15) is 11.6 Å². The van der Waals surface area contributed by atoms with E-state index in [9.17, 15) is 10.4 Å². The number of hydrogen-bond acceptors (Lipinski definition) is 3. The lowest BCUT2D eigenvalue weighted by Crippen LogP contribution is -2.48. The van der Waals surface area contributed by atoms with Gasteiger partial charge in [0, 0.05) is 0 Å². The summed E-state index contributed by atoms with van der Waals surface area (Å²) in [4.78, 5) is 0. The van der Waals surface area contributed by atoms with Gasteiger partial charge in [-0.2, -0.15) is 5.26 Å². The molecule has 4 aliphatic carbocycles. The van der Waals surface area contributed by atoms with Crippen LogP contribution in [0.4, 0.5) is 0 Å². The second-order valence-electron chi connectivity index (χ2n) is 6.64. The van der Waals surface area contributed by atoms with E-state index < -0.39 is 0 Å². The lowest BCUT2D eigenvalue weighted by Gasteiger charge is -2.57. The number of aromatic hydroxyl groups is 1. The summed E-state index contributed by atoms with van der Waals surface area (Å²) in [5, 5.41) is 21.4. The quantitative estimate of drug-likeness (QED) is 0.833. The number of nitriles is 1. The van der Waals surface area contributed by atoms with Gasteiger partial charge in [-0.15, -0.1) is 11.3 Å². The summed E-state index contributed by atoms with van der Waals surface area (Å²) in [6.07, 6.45) is 8.00. The van der Waals surface area contributed by atoms with E-state index in [-0.39, 0.29) is 10.5 Å². The normalized spacial score (nSPS) is 40.9. The molecule has 0 amide bonds. The van der Waals surface area contributed by atoms with E-state index in [1.807, 2.05) is 0 Å². The zero-order valence-electron chi connectivity index (χ0n) is 10.4. The van der Waals surface area contributed by atoms with Crippen LogP contribution in [0.15, 0.2) is 5.38 Å². The van der Waals surface area contributed by atoms with E-state index in [1.165, 1.54) is 55.4 Å². The number of rotatable bonds is 1. The highest BCUT2D eigenvalue weighted by Crippen LogP contribution is 2.62. The Balaban J connectivity index is 1.82. The van der Waals surface area contributed by atoms with Crippen molar-refractivity contribution < 1.29 is 5.11 Å². The molecule has 1 aromatic rings. The van der Waals surface area contributed by atoms with Crippen LogP contribution in [0, 0.1) is 29.1 Å². The van der Waals surface area contributed by atoms with Crippen LogP contribution in [0.1, 0.15) is 49.7 Å². The molecule has 0 atom stereocenters. The fraction of sp³-hybridized carbons (Fsp3) is 0.667. The first-order valence-electron chi connectivity index (χ1n) is 6.91. The van der Waals surface area contributed by atoms with Crippen molar-refractivity contribution in [3.63, 3.8) is 0 Å². The molecular formula is C15H17NOS. The van der Waals surface area contributed by atoms with Crippen molar-refractivity contribution >= 4 is 11.3 Å². The molecule has 1 aromatic heterocycles. The van der Waals surface area contributed by atoms with Gasteiger partial charge in [0.15, 0.2) is 5.06 Å². The summed E-state index contributed by atoms with van der Waals surface area (Å²) in [5.74, 6) is 2.64. The minimum absolute atomic E-state index is 0.225. The van der Waals surface area contributed by atoms with Gasteiger partial charge in [0.05, 0.1) is 0 Å². The van der Waals surface area contributed by atoms with Crippen molar-refractivity contribution in [2.24, 2.45) is 17.8 Å². The van der Waals surface area contributed by atoms with E-state index >= 15 is 0 Å². The molecule has 4 bridgehead atoms. The van der Waals surface area contributed by atoms with Crippen molar-refractivity contribution in [3.8, 4) is 11.1 Å². The zero-order chi connectivity index (χ0) is 12.3. The van der Waals surface area contributed by atoms with Gasteiger partial charge in [0.25, 0.3) is 0 Å². The van der Waals surface area contributed by atoms with Crippen molar-refractivity contribution in [3.05, 3.63) is 16.5 Å². The van der Waals surface area contributed by atoms with E-state index in [0.29, 0.717) is 5.56 Å². The first kappa shape index (κ1) is 10.9. The molecule has 3 heteroatoms. The number of thiophene rings is 1. The minimum Gasteiger partial charge on any atom is -0.499 e. The summed E-state index contributed by atoms with van der Waals surface area (Å²) >= 11 is 1.34. The zero-order valence-corrected chi connectivity index (χ0v) is 11.2. The van der Waals surface area contributed by atoms with Gasteiger partial charge in [-0.1, -0.05) is 0 Å². The van der Waals surface area contributed by atoms with E-state index in [0.717, 1.165) is 17.8 Å². The number of hydrogen-bond donors (Lipinski definition) is 1. The fourth-order valence-corrected chi connectivity index (χ4v) is 6.16. The van der Waals surface area contributed by atoms with E-state index in [4.69, 9.17) is 0 Å². The summed E-state index contributed by atoms with van der Waals surface area (Å²) < 4.78 is 0. The summed E-state index contributed by atoms with van der Waals surface area (Å²) in [5.41, 5.74) is 1.98. The average molecular weight is 259 g/mol. The second kappa shape index (κ2) is 3.51. The Hall–Kier alpha value is -1.01. The van der Waals surface area contributed by atoms with Crippen LogP contribution in [-0.2, 0) is 5.41 Å². The van der Waals surface area contributed by atoms with Gasteiger partial charge < -0.3 is 5.11 Å². The number of nitrogens with zero attached hydrogens (tertiary/aromatic N) is 1. The van der Waals surface area contributed by atoms with Crippen LogP contribution >= 0.6 is 11.3 Å². The largest absolute Gasteiger partial charge is 0.499 e. The highest BCUT2D eigenvalue weighted by Gasteiger charge is 2.52. The van der Waals surface area contributed by atoms with E-state index in [1.54, 1.807) is 0 Å². The molecule has 0 radical (unpaired) electrons. The molecule has 1 heterocycles. The summed E-state index contributed by atoms with van der Waals surface area (Å²) in [6, 6.07) is 2.23. The SMILES string of the molecule is N#Cc1c(C23CC4CC(CC(C4)C2)C3)csc1O. The van der Waals surface area contributed by atoms with Crippen molar-refractivity contribution in [2.45, 2.75) is 43.9 Å². The van der Waals surface area contributed by atoms with Crippen molar-refractivity contribution in [1.82, 2.24) is 0 Å². The Bertz CT molecular complexity index is 504. The topological polar surface area (TPSA) is 44.0 Å². The molecule has 2 nitrogen and oxygen atoms in total. The lowest BCUT2D eigenvalue weighted by atomic mass is 9.48. The molecule has 0 aliphatic heterocycles. The lowest BCUT2D eigenvalue weighted by molar-refractivity contribution is -0.00516. The molecular weight excluding hydrogens is 242 g/mol. The van der Waals surface area contributed by atoms with Gasteiger partial charge in [-0.25, -0.2) is 0 Å². The van der Waals surface area contributed by atoms with E-state index in [2.05, 4.69) is 11.4 Å². The highest BCUT2D eigenvalue weighted by atomic mass is 32.1. The predicted octanol–water partition coefficient (Wildman–Crippen LogP) is 3.79. The molecule has 0 unspecified atom stereocenters. The third kappa shape index (κ3) is 1.33. The maximum absolute atomic E-state index is 9.83. The second-order valence-corrected chi connectivity index (χ2v) is 7.50. The predicted molar refractivity (Wildman–Crippen MR) is 70.5 cm³/mol. The van der Waals surface area contributed by atoms with Crippen LogP contribution in [0.25, 0.3) is 0 Å². The molecule has 4 fully saturated rings. The van der Waals surface area contributed by atoms with Gasteiger partial charge in [0.2, 0.25) is 0 Å². The third-order valence-electron chi connectivity index (χ3n) is 5.49. The Kier molecular flexibility index (Phi) is 2.12. The highest BCUT2D eigenvalue weighted by molar-refractivity contribution is 7.12. The van der Waals surface area contributed by atoms with Crippen LogP contribution < -0.4 is 0 Å². The monoisotopic (exact) mass is 259 g/mol. The summed E-state index contributed by atoms with van der Waals surface area (Å²) in [7, 11) is 0. The Morgan fingerprint density at radius 2 is 1.72 bits per heavy atom. The molecule has 1 N–H and O–H groups in total. The first-order chi connectivity index (χ1) is 8.70. The van der Waals surface area contributed by atoms with Gasteiger partial charge >= 0.3 is 0 Å². The molecule has 4 saturated carbocycles. The van der Waals surface area contributed by atoms with Crippen molar-refractivity contribution in [1.29, 1.82) is 5.26 Å². The van der Waals surface area contributed by atoms with Crippen LogP contribution in [-0.4, -0.2) is 5.11 Å². The summed E-state index contributed by atoms with van der Waals surface area (Å²) in [6.45, 7) is 0. The van der Waals surface area contributed by atoms with Crippen LogP contribution in [0.3, 0.4) is 0 Å². The first-order valence-corrected chi connectivity index (χ1v) is 7.79. The van der Waals surface area contributed by atoms with Gasteiger partial charge in [-0.3, -0.25) is 0 Å². The molecule has 5 rings (SSSR count).